The van der Waals surface area contributed by atoms with E-state index >= 15 is 0 Å². The molecule has 0 fully saturated rings. The Labute approximate surface area is 328 Å². The number of carbonyl (C=O) groups excluding carboxylic acids is 3. The summed E-state index contributed by atoms with van der Waals surface area (Å²) in [4.78, 5) is 40.6. The van der Waals surface area contributed by atoms with E-state index in [1.807, 2.05) is 50.2 Å². The van der Waals surface area contributed by atoms with Crippen molar-refractivity contribution in [1.29, 1.82) is 0 Å². The highest BCUT2D eigenvalue weighted by atomic mass is 16.5. The summed E-state index contributed by atoms with van der Waals surface area (Å²) < 4.78 is 6.24. The fraction of sp³-hybridized carbons (Fsp3) is 0.212. The van der Waals surface area contributed by atoms with Gasteiger partial charge in [0.25, 0.3) is 0 Å². The van der Waals surface area contributed by atoms with Gasteiger partial charge < -0.3 is 9.53 Å². The molecule has 0 unspecified atom stereocenters. The molecule has 0 radical (unpaired) electrons. The minimum Gasteiger partial charge on any atom is -0.494 e. The lowest BCUT2D eigenvalue weighted by Crippen LogP contribution is -2.09. The summed E-state index contributed by atoms with van der Waals surface area (Å²) in [5.74, 6) is 0.337. The second-order valence-electron chi connectivity index (χ2n) is 14.4. The third-order valence-corrected chi connectivity index (χ3v) is 10.4. The number of ketones is 3. The van der Waals surface area contributed by atoms with Crippen molar-refractivity contribution in [2.45, 2.75) is 66.7 Å². The Morgan fingerprint density at radius 1 is 0.482 bits per heavy atom. The molecule has 9 rings (SSSR count). The molecule has 280 valence electrons. The first-order valence-electron chi connectivity index (χ1n) is 20.1. The normalized spacial score (nSPS) is 11.2. The van der Waals surface area contributed by atoms with Crippen LogP contribution >= 0.6 is 0 Å². The molecule has 0 aliphatic rings. The van der Waals surface area contributed by atoms with Crippen LogP contribution in [0.2, 0.25) is 0 Å². The largest absolute Gasteiger partial charge is 0.494 e. The molecule has 4 heteroatoms. The fourth-order valence-corrected chi connectivity index (χ4v) is 7.97. The van der Waals surface area contributed by atoms with Crippen LogP contribution < -0.4 is 4.74 Å². The summed E-state index contributed by atoms with van der Waals surface area (Å²) in [5, 5.41) is 12.9. The van der Waals surface area contributed by atoms with Crippen molar-refractivity contribution in [3.05, 3.63) is 150 Å². The zero-order valence-electron chi connectivity index (χ0n) is 33.0. The van der Waals surface area contributed by atoms with Gasteiger partial charge in [0, 0.05) is 28.7 Å². The van der Waals surface area contributed by atoms with Crippen LogP contribution in [0.25, 0.3) is 64.6 Å². The highest BCUT2D eigenvalue weighted by Crippen LogP contribution is 2.39. The average molecular weight is 737 g/mol. The Morgan fingerprint density at radius 2 is 0.875 bits per heavy atom. The van der Waals surface area contributed by atoms with Gasteiger partial charge in [0.15, 0.2) is 11.6 Å². The number of ether oxygens (including phenoxy) is 1. The van der Waals surface area contributed by atoms with E-state index in [0.29, 0.717) is 41.0 Å². The van der Waals surface area contributed by atoms with Crippen molar-refractivity contribution in [3.8, 4) is 5.75 Å². The van der Waals surface area contributed by atoms with Gasteiger partial charge in [-0.05, 0) is 121 Å². The van der Waals surface area contributed by atoms with Crippen LogP contribution in [0.5, 0.6) is 5.75 Å². The fourth-order valence-electron chi connectivity index (χ4n) is 7.97. The van der Waals surface area contributed by atoms with E-state index in [1.165, 1.54) is 6.42 Å². The van der Waals surface area contributed by atoms with Gasteiger partial charge >= 0.3 is 0 Å². The van der Waals surface area contributed by atoms with E-state index in [-0.39, 0.29) is 17.3 Å². The van der Waals surface area contributed by atoms with E-state index in [9.17, 15) is 14.4 Å². The quantitative estimate of drug-likeness (QED) is 0.0753. The number of Topliss-reactive ketones (excluding diaryl/α,β-unsaturated/α-hetero) is 1. The maximum absolute atomic E-state index is 14.6. The lowest BCUT2D eigenvalue weighted by atomic mass is 9.88. The smallest absolute Gasteiger partial charge is 0.193 e. The highest BCUT2D eigenvalue weighted by Gasteiger charge is 2.22. The van der Waals surface area contributed by atoms with E-state index in [2.05, 4.69) is 86.6 Å². The molecule has 0 bridgehead atoms. The molecular formula is C52H48O4. The summed E-state index contributed by atoms with van der Waals surface area (Å²) in [7, 11) is 0. The van der Waals surface area contributed by atoms with Gasteiger partial charge in [-0.3, -0.25) is 9.59 Å². The third kappa shape index (κ3) is 7.20. The molecule has 0 amide bonds. The summed E-state index contributed by atoms with van der Waals surface area (Å²) in [6.07, 6.45) is 4.24. The molecule has 0 saturated carbocycles. The zero-order chi connectivity index (χ0) is 39.3. The van der Waals surface area contributed by atoms with Crippen LogP contribution in [0.1, 0.15) is 98.6 Å². The lowest BCUT2D eigenvalue weighted by molar-refractivity contribution is -0.117. The number of unbranched alkanes of at least 4 members (excludes halogenated alkanes) is 2. The van der Waals surface area contributed by atoms with Crippen molar-refractivity contribution in [3.63, 3.8) is 0 Å². The molecule has 0 aliphatic heterocycles. The average Bonchev–Trinajstić information content (AvgIpc) is 3.23. The summed E-state index contributed by atoms with van der Waals surface area (Å²) in [6.45, 7) is 10.3. The van der Waals surface area contributed by atoms with E-state index in [1.54, 1.807) is 25.1 Å². The maximum Gasteiger partial charge on any atom is 0.193 e. The second kappa shape index (κ2) is 16.7. The molecule has 9 aromatic carbocycles. The first kappa shape index (κ1) is 38.2. The van der Waals surface area contributed by atoms with Gasteiger partial charge in [0.1, 0.15) is 11.5 Å². The predicted molar refractivity (Wildman–Crippen MR) is 236 cm³/mol. The number of rotatable bonds is 11. The van der Waals surface area contributed by atoms with Gasteiger partial charge in [0.2, 0.25) is 0 Å². The SMILES string of the molecule is CC.CC(=O)CCCCCOc1cc(C(=O)c2ccc3ccc4cccc5ccc2c3c45)cc(C(=O)c2ccc3ccc4cccc5ccc2c3c45)c1.CCC. The van der Waals surface area contributed by atoms with Crippen LogP contribution in [0, 0.1) is 0 Å². The Hall–Kier alpha value is -6.13. The second-order valence-corrected chi connectivity index (χ2v) is 14.4. The number of benzene rings is 9. The Morgan fingerprint density at radius 3 is 1.30 bits per heavy atom. The first-order chi connectivity index (χ1) is 27.4. The van der Waals surface area contributed by atoms with Gasteiger partial charge in [0.05, 0.1) is 6.61 Å². The van der Waals surface area contributed by atoms with Crippen LogP contribution in [0.15, 0.2) is 127 Å². The van der Waals surface area contributed by atoms with Crippen LogP contribution in [0.4, 0.5) is 0 Å². The van der Waals surface area contributed by atoms with Crippen molar-refractivity contribution >= 4 is 82.0 Å². The van der Waals surface area contributed by atoms with Gasteiger partial charge in [-0.15, -0.1) is 0 Å². The van der Waals surface area contributed by atoms with Gasteiger partial charge in [-0.1, -0.05) is 131 Å². The van der Waals surface area contributed by atoms with E-state index < -0.39 is 0 Å². The molecule has 0 spiro atoms. The highest BCUT2D eigenvalue weighted by molar-refractivity contribution is 6.30. The number of hydrogen-bond donors (Lipinski definition) is 0. The predicted octanol–water partition coefficient (Wildman–Crippen LogP) is 13.9. The molecule has 0 heterocycles. The third-order valence-electron chi connectivity index (χ3n) is 10.4. The molecule has 9 aromatic rings. The van der Waals surface area contributed by atoms with Crippen molar-refractivity contribution in [2.75, 3.05) is 6.61 Å². The maximum atomic E-state index is 14.6. The van der Waals surface area contributed by atoms with Crippen LogP contribution in [0.3, 0.4) is 0 Å². The van der Waals surface area contributed by atoms with Crippen molar-refractivity contribution in [2.24, 2.45) is 0 Å². The monoisotopic (exact) mass is 736 g/mol. The summed E-state index contributed by atoms with van der Waals surface area (Å²) in [6, 6.07) is 42.3. The standard InChI is InChI=1S/C47H34O4.C3H8.C2H6/c1-28(48)7-3-2-4-24-51-37-26-35(46(49)40-22-18-33-14-12-29-8-5-10-31-16-20-38(40)44(33)42(29)31)25-36(27-37)47(50)41-23-19-34-15-13-30-9-6-11-32-17-21-39(41)45(34)43(30)32;1-3-2;1-2/h5-6,8-23,25-27H,2-4,7,24H2,1H3;3H2,1-2H3;1-2H3. The summed E-state index contributed by atoms with van der Waals surface area (Å²) in [5.41, 5.74) is 1.98. The van der Waals surface area contributed by atoms with Gasteiger partial charge in [-0.25, -0.2) is 0 Å². The molecule has 0 N–H and O–H groups in total. The molecule has 56 heavy (non-hydrogen) atoms. The first-order valence-corrected chi connectivity index (χ1v) is 20.1. The van der Waals surface area contributed by atoms with E-state index in [0.717, 1.165) is 83.9 Å². The molecule has 0 saturated heterocycles. The topological polar surface area (TPSA) is 60.4 Å². The number of carbonyl (C=O) groups is 3. The Kier molecular flexibility index (Phi) is 11.4. The lowest BCUT2D eigenvalue weighted by Gasteiger charge is -2.16. The van der Waals surface area contributed by atoms with Crippen LogP contribution in [-0.4, -0.2) is 24.0 Å². The van der Waals surface area contributed by atoms with Gasteiger partial charge in [-0.2, -0.15) is 0 Å². The molecule has 0 atom stereocenters. The molecule has 0 aliphatic carbocycles. The molecule has 0 aromatic heterocycles. The van der Waals surface area contributed by atoms with Crippen molar-refractivity contribution < 1.29 is 19.1 Å². The Balaban J connectivity index is 0.000000919. The van der Waals surface area contributed by atoms with E-state index in [4.69, 9.17) is 4.74 Å². The minimum absolute atomic E-state index is 0.163. The Bertz CT molecular complexity index is 2640. The molecular weight excluding hydrogens is 689 g/mol. The minimum atomic E-state index is -0.163. The number of hydrogen-bond acceptors (Lipinski definition) is 4. The summed E-state index contributed by atoms with van der Waals surface area (Å²) >= 11 is 0. The van der Waals surface area contributed by atoms with Crippen LogP contribution in [-0.2, 0) is 4.79 Å². The zero-order valence-corrected chi connectivity index (χ0v) is 33.0. The molecule has 4 nitrogen and oxygen atoms in total. The van der Waals surface area contributed by atoms with Crippen molar-refractivity contribution in [1.82, 2.24) is 0 Å².